The lowest BCUT2D eigenvalue weighted by atomic mass is 10.2. The van der Waals surface area contributed by atoms with Crippen molar-refractivity contribution in [3.8, 4) is 11.5 Å². The highest BCUT2D eigenvalue weighted by Crippen LogP contribution is 2.22. The Labute approximate surface area is 151 Å². The van der Waals surface area contributed by atoms with Gasteiger partial charge in [0.15, 0.2) is 0 Å². The van der Waals surface area contributed by atoms with Gasteiger partial charge in [0.1, 0.15) is 24.6 Å². The average Bonchev–Trinajstić information content (AvgIpc) is 2.68. The van der Waals surface area contributed by atoms with Crippen LogP contribution in [0, 0.1) is 0 Å². The molecule has 0 radical (unpaired) electrons. The fourth-order valence-electron chi connectivity index (χ4n) is 2.60. The fraction of sp³-hybridized carbons (Fsp3) is 0.211. The summed E-state index contributed by atoms with van der Waals surface area (Å²) in [6, 6.07) is 14.4. The van der Waals surface area contributed by atoms with E-state index >= 15 is 0 Å². The van der Waals surface area contributed by atoms with Crippen molar-refractivity contribution in [1.82, 2.24) is 5.01 Å². The third-order valence-electron chi connectivity index (χ3n) is 3.96. The van der Waals surface area contributed by atoms with Gasteiger partial charge in [-0.3, -0.25) is 9.59 Å². The van der Waals surface area contributed by atoms with E-state index in [9.17, 15) is 9.59 Å². The molecule has 0 saturated carbocycles. The highest BCUT2D eigenvalue weighted by atomic mass is 16.5. The molecule has 2 aromatic carbocycles. The minimum atomic E-state index is -0.250. The Morgan fingerprint density at radius 1 is 0.923 bits per heavy atom. The van der Waals surface area contributed by atoms with Crippen LogP contribution in [0.15, 0.2) is 53.6 Å². The zero-order valence-electron chi connectivity index (χ0n) is 14.6. The van der Waals surface area contributed by atoms with Crippen LogP contribution in [0.25, 0.3) is 0 Å². The van der Waals surface area contributed by atoms with Gasteiger partial charge in [0.05, 0.1) is 20.4 Å². The molecule has 0 aromatic heterocycles. The normalized spacial score (nSPS) is 14.8. The Bertz CT molecular complexity index is 814. The molecule has 0 spiro atoms. The highest BCUT2D eigenvalue weighted by Gasteiger charge is 2.30. The lowest BCUT2D eigenvalue weighted by Crippen LogP contribution is -2.52. The van der Waals surface area contributed by atoms with Crippen molar-refractivity contribution in [2.75, 3.05) is 32.2 Å². The Balaban J connectivity index is 1.74. The monoisotopic (exact) mass is 353 g/mol. The summed E-state index contributed by atoms with van der Waals surface area (Å²) in [5, 5.41) is 5.34. The minimum Gasteiger partial charge on any atom is -0.497 e. The van der Waals surface area contributed by atoms with E-state index in [1.807, 2.05) is 18.2 Å². The molecule has 0 N–H and O–H groups in total. The molecule has 0 aliphatic carbocycles. The van der Waals surface area contributed by atoms with Gasteiger partial charge in [-0.2, -0.15) is 5.10 Å². The number of para-hydroxylation sites is 1. The van der Waals surface area contributed by atoms with E-state index in [0.717, 1.165) is 0 Å². The lowest BCUT2D eigenvalue weighted by Gasteiger charge is -2.31. The fourth-order valence-corrected chi connectivity index (χ4v) is 2.60. The second kappa shape index (κ2) is 7.69. The summed E-state index contributed by atoms with van der Waals surface area (Å²) >= 11 is 0. The molecule has 7 nitrogen and oxygen atoms in total. The molecule has 1 fully saturated rings. The summed E-state index contributed by atoms with van der Waals surface area (Å²) < 4.78 is 10.4. The van der Waals surface area contributed by atoms with Crippen LogP contribution >= 0.6 is 0 Å². The van der Waals surface area contributed by atoms with Gasteiger partial charge in [0.2, 0.25) is 5.91 Å². The summed E-state index contributed by atoms with van der Waals surface area (Å²) in [6.45, 7) is -0.146. The van der Waals surface area contributed by atoms with Crippen LogP contribution in [0.4, 0.5) is 5.69 Å². The molecule has 3 rings (SSSR count). The van der Waals surface area contributed by atoms with Crippen LogP contribution in [-0.4, -0.2) is 50.3 Å². The number of rotatable bonds is 5. The second-order valence-electron chi connectivity index (χ2n) is 5.66. The van der Waals surface area contributed by atoms with Gasteiger partial charge in [-0.25, -0.2) is 5.01 Å². The number of ether oxygens (including phenoxy) is 2. The van der Waals surface area contributed by atoms with Crippen molar-refractivity contribution < 1.29 is 19.1 Å². The first-order valence-electron chi connectivity index (χ1n) is 8.03. The van der Waals surface area contributed by atoms with Crippen LogP contribution in [0.1, 0.15) is 5.56 Å². The number of carbonyl (C=O) groups is 2. The molecule has 0 atom stereocenters. The smallest absolute Gasteiger partial charge is 0.263 e. The third kappa shape index (κ3) is 3.83. The number of benzene rings is 2. The molecule has 1 aliphatic rings. The first kappa shape index (κ1) is 17.5. The van der Waals surface area contributed by atoms with Gasteiger partial charge in [-0.05, 0) is 24.3 Å². The molecule has 0 bridgehead atoms. The first-order valence-corrected chi connectivity index (χ1v) is 8.03. The molecule has 0 unspecified atom stereocenters. The molecular weight excluding hydrogens is 334 g/mol. The predicted molar refractivity (Wildman–Crippen MR) is 97.6 cm³/mol. The van der Waals surface area contributed by atoms with Crippen LogP contribution < -0.4 is 14.4 Å². The maximum absolute atomic E-state index is 12.4. The quantitative estimate of drug-likeness (QED) is 0.770. The van der Waals surface area contributed by atoms with E-state index in [4.69, 9.17) is 9.47 Å². The molecule has 1 heterocycles. The van der Waals surface area contributed by atoms with E-state index in [-0.39, 0.29) is 24.9 Å². The zero-order chi connectivity index (χ0) is 18.5. The van der Waals surface area contributed by atoms with Crippen molar-refractivity contribution in [3.63, 3.8) is 0 Å². The summed E-state index contributed by atoms with van der Waals surface area (Å²) in [7, 11) is 3.11. The van der Waals surface area contributed by atoms with Crippen molar-refractivity contribution in [2.45, 2.75) is 0 Å². The third-order valence-corrected chi connectivity index (χ3v) is 3.96. The zero-order valence-corrected chi connectivity index (χ0v) is 14.6. The van der Waals surface area contributed by atoms with E-state index in [0.29, 0.717) is 22.7 Å². The Morgan fingerprint density at radius 3 is 2.19 bits per heavy atom. The average molecular weight is 353 g/mol. The number of hydrogen-bond acceptors (Lipinski definition) is 5. The van der Waals surface area contributed by atoms with Crippen molar-refractivity contribution in [2.24, 2.45) is 5.10 Å². The van der Waals surface area contributed by atoms with Crippen LogP contribution in [0.2, 0.25) is 0 Å². The maximum atomic E-state index is 12.4. The summed E-state index contributed by atoms with van der Waals surface area (Å²) in [6.07, 6.45) is 1.51. The van der Waals surface area contributed by atoms with Gasteiger partial charge in [0.25, 0.3) is 5.91 Å². The van der Waals surface area contributed by atoms with Crippen LogP contribution in [0.5, 0.6) is 11.5 Å². The molecule has 1 aliphatic heterocycles. The number of carbonyl (C=O) groups excluding carboxylic acids is 2. The number of hydrogen-bond donors (Lipinski definition) is 0. The first-order chi connectivity index (χ1) is 12.6. The minimum absolute atomic E-state index is 0.0401. The summed E-state index contributed by atoms with van der Waals surface area (Å²) in [5.41, 5.74) is 1.40. The molecule has 2 amide bonds. The van der Waals surface area contributed by atoms with Gasteiger partial charge in [-0.15, -0.1) is 0 Å². The van der Waals surface area contributed by atoms with E-state index in [1.165, 1.54) is 16.1 Å². The second-order valence-corrected chi connectivity index (χ2v) is 5.66. The summed E-state index contributed by atoms with van der Waals surface area (Å²) in [5.74, 6) is 0.792. The number of amides is 2. The van der Waals surface area contributed by atoms with E-state index < -0.39 is 0 Å². The van der Waals surface area contributed by atoms with Gasteiger partial charge in [0, 0.05) is 17.3 Å². The maximum Gasteiger partial charge on any atom is 0.263 e. The lowest BCUT2D eigenvalue weighted by molar-refractivity contribution is -0.138. The van der Waals surface area contributed by atoms with Crippen LogP contribution in [0.3, 0.4) is 0 Å². The predicted octanol–water partition coefficient (Wildman–Crippen LogP) is 1.91. The topological polar surface area (TPSA) is 71.4 Å². The molecule has 26 heavy (non-hydrogen) atoms. The van der Waals surface area contributed by atoms with Gasteiger partial charge in [-0.1, -0.05) is 18.2 Å². The van der Waals surface area contributed by atoms with Gasteiger partial charge >= 0.3 is 0 Å². The van der Waals surface area contributed by atoms with Crippen molar-refractivity contribution in [3.05, 3.63) is 54.1 Å². The Kier molecular flexibility index (Phi) is 5.17. The Hall–Kier alpha value is -3.35. The molecule has 1 saturated heterocycles. The SMILES string of the molecule is COc1cc(/C=N\N2CC(=O)N(c3ccccc3)CC2=O)cc(OC)c1. The van der Waals surface area contributed by atoms with Crippen molar-refractivity contribution in [1.29, 1.82) is 0 Å². The standard InChI is InChI=1S/C19H19N3O4/c1-25-16-8-14(9-17(10-16)26-2)11-20-22-13-18(23)21(12-19(22)24)15-6-4-3-5-7-15/h3-11H,12-13H2,1-2H3/b20-11-. The largest absolute Gasteiger partial charge is 0.497 e. The van der Waals surface area contributed by atoms with Crippen LogP contribution in [-0.2, 0) is 9.59 Å². The highest BCUT2D eigenvalue weighted by molar-refractivity contribution is 6.04. The number of anilines is 1. The number of hydrazone groups is 1. The van der Waals surface area contributed by atoms with Crippen molar-refractivity contribution >= 4 is 23.7 Å². The molecule has 134 valence electrons. The van der Waals surface area contributed by atoms with E-state index in [1.54, 1.807) is 44.6 Å². The van der Waals surface area contributed by atoms with Gasteiger partial charge < -0.3 is 14.4 Å². The molecular formula is C19H19N3O4. The number of methoxy groups -OCH3 is 2. The number of piperazine rings is 1. The number of nitrogens with zero attached hydrogens (tertiary/aromatic N) is 3. The summed E-state index contributed by atoms with van der Waals surface area (Å²) in [4.78, 5) is 26.2. The van der Waals surface area contributed by atoms with E-state index in [2.05, 4.69) is 5.10 Å². The Morgan fingerprint density at radius 2 is 1.58 bits per heavy atom. The molecule has 2 aromatic rings. The molecule has 7 heteroatoms.